The van der Waals surface area contributed by atoms with E-state index in [0.29, 0.717) is 5.75 Å². The molecule has 21 heavy (non-hydrogen) atoms. The van der Waals surface area contributed by atoms with Crippen molar-refractivity contribution in [1.82, 2.24) is 4.72 Å². The maximum absolute atomic E-state index is 12.4. The summed E-state index contributed by atoms with van der Waals surface area (Å²) in [4.78, 5) is 0.133. The first-order valence-electron chi connectivity index (χ1n) is 7.19. The summed E-state index contributed by atoms with van der Waals surface area (Å²) in [5.74, 6) is 0.837. The molecule has 1 atom stereocenters. The third kappa shape index (κ3) is 5.21. The number of nitrogens with one attached hydrogen (secondary N) is 1. The van der Waals surface area contributed by atoms with Gasteiger partial charge in [-0.3, -0.25) is 0 Å². The zero-order valence-electron chi connectivity index (χ0n) is 13.2. The van der Waals surface area contributed by atoms with Crippen molar-refractivity contribution in [1.29, 1.82) is 0 Å². The Labute approximate surface area is 127 Å². The van der Waals surface area contributed by atoms with E-state index in [2.05, 4.69) is 11.6 Å². The number of rotatable bonds is 9. The van der Waals surface area contributed by atoms with Crippen LogP contribution in [0.15, 0.2) is 23.1 Å². The van der Waals surface area contributed by atoms with Crippen LogP contribution in [0.5, 0.6) is 11.5 Å². The van der Waals surface area contributed by atoms with Crippen molar-refractivity contribution >= 4 is 10.0 Å². The average molecular weight is 315 g/mol. The van der Waals surface area contributed by atoms with Crippen LogP contribution in [0.2, 0.25) is 0 Å². The lowest BCUT2D eigenvalue weighted by Gasteiger charge is -2.16. The SMILES string of the molecule is CCCCCC(C)NS(=O)(=O)c1ccc(OC)cc1OC. The molecule has 0 heterocycles. The van der Waals surface area contributed by atoms with Crippen LogP contribution in [0.25, 0.3) is 0 Å². The second-order valence-corrected chi connectivity index (χ2v) is 6.72. The van der Waals surface area contributed by atoms with E-state index in [1.54, 1.807) is 12.1 Å². The smallest absolute Gasteiger partial charge is 0.244 e. The van der Waals surface area contributed by atoms with Crippen LogP contribution in [0.1, 0.15) is 39.5 Å². The van der Waals surface area contributed by atoms with Gasteiger partial charge in [0.05, 0.1) is 14.2 Å². The van der Waals surface area contributed by atoms with Gasteiger partial charge in [0.25, 0.3) is 0 Å². The fourth-order valence-electron chi connectivity index (χ4n) is 2.08. The topological polar surface area (TPSA) is 64.6 Å². The molecular formula is C15H25NO4S. The minimum atomic E-state index is -3.59. The molecule has 0 fully saturated rings. The Balaban J connectivity index is 2.87. The predicted molar refractivity (Wildman–Crippen MR) is 83.5 cm³/mol. The molecule has 0 aliphatic carbocycles. The number of ether oxygens (including phenoxy) is 2. The summed E-state index contributed by atoms with van der Waals surface area (Å²) in [5, 5.41) is 0. The summed E-state index contributed by atoms with van der Waals surface area (Å²) in [6.45, 7) is 4.00. The van der Waals surface area contributed by atoms with Crippen LogP contribution in [0, 0.1) is 0 Å². The van der Waals surface area contributed by atoms with Crippen molar-refractivity contribution in [3.63, 3.8) is 0 Å². The van der Waals surface area contributed by atoms with Crippen molar-refractivity contribution in [3.8, 4) is 11.5 Å². The van der Waals surface area contributed by atoms with E-state index in [0.717, 1.165) is 25.7 Å². The van der Waals surface area contributed by atoms with Gasteiger partial charge >= 0.3 is 0 Å². The number of methoxy groups -OCH3 is 2. The lowest BCUT2D eigenvalue weighted by atomic mass is 10.1. The second-order valence-electron chi connectivity index (χ2n) is 5.03. The van der Waals surface area contributed by atoms with Gasteiger partial charge in [0, 0.05) is 12.1 Å². The minimum absolute atomic E-state index is 0.103. The molecule has 0 aliphatic heterocycles. The highest BCUT2D eigenvalue weighted by Gasteiger charge is 2.22. The number of unbranched alkanes of at least 4 members (excludes halogenated alkanes) is 2. The summed E-state index contributed by atoms with van der Waals surface area (Å²) in [6, 6.07) is 4.57. The third-order valence-corrected chi connectivity index (χ3v) is 4.89. The molecule has 1 N–H and O–H groups in total. The van der Waals surface area contributed by atoms with Gasteiger partial charge in [-0.05, 0) is 25.5 Å². The van der Waals surface area contributed by atoms with E-state index in [4.69, 9.17) is 9.47 Å². The Morgan fingerprint density at radius 3 is 2.48 bits per heavy atom. The van der Waals surface area contributed by atoms with Gasteiger partial charge in [-0.25, -0.2) is 13.1 Å². The average Bonchev–Trinajstić information content (AvgIpc) is 2.46. The van der Waals surface area contributed by atoms with Gasteiger partial charge in [0.2, 0.25) is 10.0 Å². The molecule has 0 saturated carbocycles. The van der Waals surface area contributed by atoms with Crippen LogP contribution in [-0.4, -0.2) is 28.7 Å². The zero-order valence-corrected chi connectivity index (χ0v) is 14.0. The first-order valence-corrected chi connectivity index (χ1v) is 8.67. The summed E-state index contributed by atoms with van der Waals surface area (Å²) in [6.07, 6.45) is 4.06. The number of sulfonamides is 1. The highest BCUT2D eigenvalue weighted by Crippen LogP contribution is 2.28. The lowest BCUT2D eigenvalue weighted by molar-refractivity contribution is 0.385. The quantitative estimate of drug-likeness (QED) is 0.712. The van der Waals surface area contributed by atoms with E-state index < -0.39 is 10.0 Å². The van der Waals surface area contributed by atoms with Gasteiger partial charge in [-0.2, -0.15) is 0 Å². The number of benzene rings is 1. The predicted octanol–water partition coefficient (Wildman–Crippen LogP) is 2.95. The maximum atomic E-state index is 12.4. The van der Waals surface area contributed by atoms with E-state index >= 15 is 0 Å². The molecule has 1 aromatic rings. The Morgan fingerprint density at radius 1 is 1.19 bits per heavy atom. The van der Waals surface area contributed by atoms with Crippen molar-refractivity contribution < 1.29 is 17.9 Å². The van der Waals surface area contributed by atoms with Crippen molar-refractivity contribution in [2.75, 3.05) is 14.2 Å². The van der Waals surface area contributed by atoms with E-state index in [-0.39, 0.29) is 16.7 Å². The number of hydrogen-bond acceptors (Lipinski definition) is 4. The van der Waals surface area contributed by atoms with Gasteiger partial charge < -0.3 is 9.47 Å². The molecule has 0 saturated heterocycles. The second kappa shape index (κ2) is 8.24. The third-order valence-electron chi connectivity index (χ3n) is 3.26. The molecule has 0 radical (unpaired) electrons. The molecular weight excluding hydrogens is 290 g/mol. The molecule has 6 heteroatoms. The fourth-order valence-corrected chi connectivity index (χ4v) is 3.51. The van der Waals surface area contributed by atoms with Crippen LogP contribution in [-0.2, 0) is 10.0 Å². The molecule has 0 aliphatic rings. The van der Waals surface area contributed by atoms with Crippen LogP contribution in [0.3, 0.4) is 0 Å². The fraction of sp³-hybridized carbons (Fsp3) is 0.600. The van der Waals surface area contributed by atoms with Gasteiger partial charge in [-0.15, -0.1) is 0 Å². The first-order chi connectivity index (χ1) is 9.94. The Kier molecular flexibility index (Phi) is 6.98. The summed E-state index contributed by atoms with van der Waals surface area (Å²) < 4.78 is 37.8. The van der Waals surface area contributed by atoms with Gasteiger partial charge in [-0.1, -0.05) is 26.2 Å². The van der Waals surface area contributed by atoms with Crippen molar-refractivity contribution in [2.45, 2.75) is 50.5 Å². The molecule has 120 valence electrons. The molecule has 0 amide bonds. The minimum Gasteiger partial charge on any atom is -0.497 e. The largest absolute Gasteiger partial charge is 0.497 e. The summed E-state index contributed by atoms with van der Waals surface area (Å²) in [7, 11) is -0.627. The Hall–Kier alpha value is -1.27. The van der Waals surface area contributed by atoms with E-state index in [1.165, 1.54) is 20.3 Å². The lowest BCUT2D eigenvalue weighted by Crippen LogP contribution is -2.32. The van der Waals surface area contributed by atoms with E-state index in [1.807, 2.05) is 6.92 Å². The molecule has 1 rings (SSSR count). The molecule has 1 unspecified atom stereocenters. The highest BCUT2D eigenvalue weighted by molar-refractivity contribution is 7.89. The summed E-state index contributed by atoms with van der Waals surface area (Å²) in [5.41, 5.74) is 0. The summed E-state index contributed by atoms with van der Waals surface area (Å²) >= 11 is 0. The number of hydrogen-bond donors (Lipinski definition) is 1. The van der Waals surface area contributed by atoms with Gasteiger partial charge in [0.15, 0.2) is 0 Å². The van der Waals surface area contributed by atoms with E-state index in [9.17, 15) is 8.42 Å². The molecule has 1 aromatic carbocycles. The molecule has 0 aromatic heterocycles. The first kappa shape index (κ1) is 17.8. The van der Waals surface area contributed by atoms with Crippen LogP contribution in [0.4, 0.5) is 0 Å². The Bertz CT molecular complexity index is 543. The molecule has 5 nitrogen and oxygen atoms in total. The van der Waals surface area contributed by atoms with Crippen molar-refractivity contribution in [3.05, 3.63) is 18.2 Å². The normalized spacial score (nSPS) is 13.0. The van der Waals surface area contributed by atoms with Gasteiger partial charge in [0.1, 0.15) is 16.4 Å². The zero-order chi connectivity index (χ0) is 15.9. The van der Waals surface area contributed by atoms with Crippen LogP contribution < -0.4 is 14.2 Å². The van der Waals surface area contributed by atoms with Crippen LogP contribution >= 0.6 is 0 Å². The molecule has 0 spiro atoms. The monoisotopic (exact) mass is 315 g/mol. The maximum Gasteiger partial charge on any atom is 0.244 e. The standard InChI is InChI=1S/C15H25NO4S/c1-5-6-7-8-12(2)16-21(17,18)15-10-9-13(19-3)11-14(15)20-4/h9-12,16H,5-8H2,1-4H3. The highest BCUT2D eigenvalue weighted by atomic mass is 32.2. The molecule has 0 bridgehead atoms. The van der Waals surface area contributed by atoms with Crippen molar-refractivity contribution in [2.24, 2.45) is 0 Å². The Morgan fingerprint density at radius 2 is 1.90 bits per heavy atom.